The zero-order valence-corrected chi connectivity index (χ0v) is 10.1. The Kier molecular flexibility index (Phi) is 2.98. The first kappa shape index (κ1) is 12.3. The Morgan fingerprint density at radius 2 is 1.84 bits per heavy atom. The molecule has 4 heteroatoms. The minimum Gasteiger partial charge on any atom is -0.289 e. The number of hydrogen-bond acceptors (Lipinski definition) is 4. The summed E-state index contributed by atoms with van der Waals surface area (Å²) in [5.41, 5.74) is 1.88. The van der Waals surface area contributed by atoms with Crippen molar-refractivity contribution in [3.05, 3.63) is 52.1 Å². The Morgan fingerprint density at radius 1 is 1.16 bits per heavy atom. The molecule has 0 N–H and O–H groups in total. The van der Waals surface area contributed by atoms with Gasteiger partial charge in [-0.05, 0) is 24.6 Å². The molecule has 0 radical (unpaired) electrons. The topological polar surface area (TPSA) is 88.4 Å². The fraction of sp³-hybridized carbons (Fsp3) is 0.0667. The molecule has 0 atom stereocenters. The summed E-state index contributed by atoms with van der Waals surface area (Å²) in [4.78, 5) is 12.2. The number of nitriles is 3. The molecular weight excluding hydrogens is 238 g/mol. The molecule has 1 aliphatic carbocycles. The summed E-state index contributed by atoms with van der Waals surface area (Å²) in [7, 11) is 0. The van der Waals surface area contributed by atoms with E-state index >= 15 is 0 Å². The highest BCUT2D eigenvalue weighted by molar-refractivity contribution is 6.27. The van der Waals surface area contributed by atoms with Crippen molar-refractivity contribution in [2.45, 2.75) is 6.92 Å². The molecule has 1 aliphatic rings. The minimum atomic E-state index is -0.257. The number of rotatable bonds is 0. The van der Waals surface area contributed by atoms with Gasteiger partial charge < -0.3 is 0 Å². The highest BCUT2D eigenvalue weighted by Crippen LogP contribution is 2.38. The summed E-state index contributed by atoms with van der Waals surface area (Å²) in [5, 5.41) is 26.8. The molecule has 1 aromatic carbocycles. The van der Waals surface area contributed by atoms with Crippen molar-refractivity contribution in [1.82, 2.24) is 0 Å². The van der Waals surface area contributed by atoms with Crippen molar-refractivity contribution < 1.29 is 4.79 Å². The van der Waals surface area contributed by atoms with Crippen LogP contribution in [0.1, 0.15) is 28.4 Å². The van der Waals surface area contributed by atoms with Gasteiger partial charge in [-0.15, -0.1) is 0 Å². The average molecular weight is 245 g/mol. The molecule has 4 nitrogen and oxygen atoms in total. The Morgan fingerprint density at radius 3 is 2.37 bits per heavy atom. The van der Waals surface area contributed by atoms with E-state index in [4.69, 9.17) is 15.8 Å². The summed E-state index contributed by atoms with van der Waals surface area (Å²) in [6.07, 6.45) is 1.58. The molecule has 0 amide bonds. The van der Waals surface area contributed by atoms with Gasteiger partial charge in [0.1, 0.15) is 17.7 Å². The van der Waals surface area contributed by atoms with Crippen LogP contribution in [0.25, 0.3) is 5.57 Å². The number of carbonyl (C=O) groups excluding carboxylic acids is 1. The van der Waals surface area contributed by atoms with Crippen molar-refractivity contribution >= 4 is 11.4 Å². The molecule has 0 aliphatic heterocycles. The zero-order chi connectivity index (χ0) is 14.0. The summed E-state index contributed by atoms with van der Waals surface area (Å²) in [6, 6.07) is 10.2. The number of Topliss-reactive ketones (excluding diaryl/α,β-unsaturated/α-hetero) is 1. The molecular formula is C15H7N3O. The van der Waals surface area contributed by atoms with Gasteiger partial charge >= 0.3 is 0 Å². The number of allylic oxidation sites excluding steroid dienone is 4. The third kappa shape index (κ3) is 1.71. The van der Waals surface area contributed by atoms with Gasteiger partial charge in [-0.3, -0.25) is 4.79 Å². The third-order valence-electron chi connectivity index (χ3n) is 2.94. The lowest BCUT2D eigenvalue weighted by atomic mass is 9.99. The highest BCUT2D eigenvalue weighted by Gasteiger charge is 2.32. The maximum Gasteiger partial charge on any atom is 0.194 e. The maximum absolute atomic E-state index is 12.2. The van der Waals surface area contributed by atoms with Crippen molar-refractivity contribution in [3.63, 3.8) is 0 Å². The lowest BCUT2D eigenvalue weighted by molar-refractivity contribution is 0.104. The number of benzene rings is 1. The highest BCUT2D eigenvalue weighted by atomic mass is 16.1. The number of carbonyl (C=O) groups is 1. The van der Waals surface area contributed by atoms with Crippen molar-refractivity contribution in [2.75, 3.05) is 0 Å². The maximum atomic E-state index is 12.2. The fourth-order valence-corrected chi connectivity index (χ4v) is 2.10. The second-order valence-electron chi connectivity index (χ2n) is 3.88. The van der Waals surface area contributed by atoms with Crippen LogP contribution < -0.4 is 0 Å². The molecule has 0 spiro atoms. The molecule has 1 aromatic rings. The van der Waals surface area contributed by atoms with E-state index in [2.05, 4.69) is 0 Å². The van der Waals surface area contributed by atoms with E-state index in [0.717, 1.165) is 0 Å². The lowest BCUT2D eigenvalue weighted by Gasteiger charge is -2.00. The molecule has 0 saturated carbocycles. The predicted molar refractivity (Wildman–Crippen MR) is 67.4 cm³/mol. The van der Waals surface area contributed by atoms with E-state index in [0.29, 0.717) is 27.8 Å². The van der Waals surface area contributed by atoms with Crippen LogP contribution in [0.5, 0.6) is 0 Å². The van der Waals surface area contributed by atoms with Crippen LogP contribution in [0.3, 0.4) is 0 Å². The van der Waals surface area contributed by atoms with Crippen LogP contribution in [0.4, 0.5) is 0 Å². The number of ketones is 1. The first-order valence-electron chi connectivity index (χ1n) is 5.48. The Hall–Kier alpha value is -3.16. The van der Waals surface area contributed by atoms with E-state index < -0.39 is 0 Å². The third-order valence-corrected chi connectivity index (χ3v) is 2.94. The van der Waals surface area contributed by atoms with E-state index in [1.54, 1.807) is 25.1 Å². The quantitative estimate of drug-likeness (QED) is 0.518. The minimum absolute atomic E-state index is 0.0927. The van der Waals surface area contributed by atoms with Crippen LogP contribution >= 0.6 is 0 Å². The SMILES string of the molecule is C/C=C1\C(=O)c2cc(C#N)ccc2C1=C(C#N)C#N. The van der Waals surface area contributed by atoms with E-state index in [1.807, 2.05) is 18.2 Å². The van der Waals surface area contributed by atoms with Crippen LogP contribution in [-0.2, 0) is 0 Å². The van der Waals surface area contributed by atoms with Gasteiger partial charge in [-0.25, -0.2) is 0 Å². The molecule has 0 fully saturated rings. The van der Waals surface area contributed by atoms with Gasteiger partial charge in [0.05, 0.1) is 11.6 Å². The number of hydrogen-bond donors (Lipinski definition) is 0. The van der Waals surface area contributed by atoms with Crippen LogP contribution in [0.15, 0.2) is 35.4 Å². The number of fused-ring (bicyclic) bond motifs is 1. The Balaban J connectivity index is 2.87. The monoisotopic (exact) mass is 245 g/mol. The lowest BCUT2D eigenvalue weighted by Crippen LogP contribution is -1.95. The summed E-state index contributed by atoms with van der Waals surface area (Å²) < 4.78 is 0. The zero-order valence-electron chi connectivity index (χ0n) is 10.1. The summed E-state index contributed by atoms with van der Waals surface area (Å²) in [5.74, 6) is -0.257. The smallest absolute Gasteiger partial charge is 0.194 e. The van der Waals surface area contributed by atoms with Gasteiger partial charge in [-0.1, -0.05) is 12.1 Å². The second kappa shape index (κ2) is 4.61. The second-order valence-corrected chi connectivity index (χ2v) is 3.88. The number of nitrogens with zero attached hydrogens (tertiary/aromatic N) is 3. The Labute approximate surface area is 110 Å². The molecule has 0 bridgehead atoms. The van der Waals surface area contributed by atoms with Crippen molar-refractivity contribution in [2.24, 2.45) is 0 Å². The fourth-order valence-electron chi connectivity index (χ4n) is 2.10. The normalized spacial score (nSPS) is 14.5. The van der Waals surface area contributed by atoms with E-state index in [1.165, 1.54) is 6.07 Å². The van der Waals surface area contributed by atoms with E-state index in [9.17, 15) is 4.79 Å². The molecule has 2 rings (SSSR count). The van der Waals surface area contributed by atoms with Gasteiger partial charge in [0, 0.05) is 16.7 Å². The van der Waals surface area contributed by atoms with Gasteiger partial charge in [0.25, 0.3) is 0 Å². The van der Waals surface area contributed by atoms with Gasteiger partial charge in [-0.2, -0.15) is 15.8 Å². The molecule has 19 heavy (non-hydrogen) atoms. The van der Waals surface area contributed by atoms with E-state index in [-0.39, 0.29) is 11.4 Å². The first-order chi connectivity index (χ1) is 9.17. The molecule has 0 saturated heterocycles. The Bertz CT molecular complexity index is 761. The molecule has 88 valence electrons. The van der Waals surface area contributed by atoms with Crippen LogP contribution in [0.2, 0.25) is 0 Å². The van der Waals surface area contributed by atoms with Gasteiger partial charge in [0.15, 0.2) is 5.78 Å². The first-order valence-corrected chi connectivity index (χ1v) is 5.48. The van der Waals surface area contributed by atoms with Gasteiger partial charge in [0.2, 0.25) is 0 Å². The van der Waals surface area contributed by atoms with Crippen molar-refractivity contribution in [3.8, 4) is 18.2 Å². The van der Waals surface area contributed by atoms with Crippen LogP contribution in [0, 0.1) is 34.0 Å². The average Bonchev–Trinajstić information content (AvgIpc) is 2.73. The molecule has 0 aromatic heterocycles. The van der Waals surface area contributed by atoms with Crippen molar-refractivity contribution in [1.29, 1.82) is 15.8 Å². The predicted octanol–water partition coefficient (Wildman–Crippen LogP) is 2.50. The van der Waals surface area contributed by atoms with Crippen LogP contribution in [-0.4, -0.2) is 5.78 Å². The summed E-state index contributed by atoms with van der Waals surface area (Å²) in [6.45, 7) is 1.68. The largest absolute Gasteiger partial charge is 0.289 e. The summed E-state index contributed by atoms with van der Waals surface area (Å²) >= 11 is 0. The molecule has 0 unspecified atom stereocenters. The standard InChI is InChI=1S/C15H7N3O/c1-2-11-14(10(7-17)8-18)12-4-3-9(6-16)5-13(12)15(11)19/h2-5H,1H3/b11-2-. The molecule has 0 heterocycles.